The summed E-state index contributed by atoms with van der Waals surface area (Å²) in [5.74, 6) is -0.205. The van der Waals surface area contributed by atoms with Crippen LogP contribution in [0.15, 0.2) is 0 Å². The van der Waals surface area contributed by atoms with Gasteiger partial charge in [0.1, 0.15) is 6.10 Å². The maximum atomic E-state index is 10.6. The van der Waals surface area contributed by atoms with Crippen LogP contribution in [0.5, 0.6) is 0 Å². The Kier molecular flexibility index (Phi) is 6.12. The summed E-state index contributed by atoms with van der Waals surface area (Å²) in [6.07, 6.45) is -2.10. The minimum atomic E-state index is -4.51. The largest absolute Gasteiger partial charge is 0.397 e. The van der Waals surface area contributed by atoms with Gasteiger partial charge >= 0.3 is 10.4 Å². The Balaban J connectivity index is 2.78. The van der Waals surface area contributed by atoms with Crippen LogP contribution in [0.2, 0.25) is 0 Å². The first kappa shape index (κ1) is 16.8. The standard InChI is InChI=1S/C10H20O8S/c1-6-7(5-17-19(11,12)13)18-10(16-4)9(15-3)8(6)14-2/h6-10H,5H2,1-4H3,(H,11,12,13)/t6-,7+,8-,9+,10+/m0/s1. The highest BCUT2D eigenvalue weighted by Gasteiger charge is 2.45. The number of ether oxygens (including phenoxy) is 4. The average molecular weight is 300 g/mol. The van der Waals surface area contributed by atoms with Crippen LogP contribution in [0.4, 0.5) is 0 Å². The van der Waals surface area contributed by atoms with Crippen LogP contribution in [0.3, 0.4) is 0 Å². The second-order valence-corrected chi connectivity index (χ2v) is 5.34. The van der Waals surface area contributed by atoms with Crippen LogP contribution in [-0.4, -0.2) is 65.5 Å². The van der Waals surface area contributed by atoms with Gasteiger partial charge in [0.15, 0.2) is 6.29 Å². The van der Waals surface area contributed by atoms with Crippen molar-refractivity contribution in [2.75, 3.05) is 27.9 Å². The number of rotatable bonds is 6. The fraction of sp³-hybridized carbons (Fsp3) is 1.00. The molecule has 19 heavy (non-hydrogen) atoms. The van der Waals surface area contributed by atoms with Crippen LogP contribution in [0, 0.1) is 5.92 Å². The molecule has 0 aliphatic carbocycles. The molecule has 1 fully saturated rings. The van der Waals surface area contributed by atoms with E-state index in [0.717, 1.165) is 0 Å². The van der Waals surface area contributed by atoms with E-state index in [2.05, 4.69) is 4.18 Å². The Hall–Kier alpha value is -0.290. The third kappa shape index (κ3) is 4.35. The van der Waals surface area contributed by atoms with Crippen molar-refractivity contribution < 1.29 is 36.1 Å². The van der Waals surface area contributed by atoms with Gasteiger partial charge in [0.25, 0.3) is 0 Å². The topological polar surface area (TPSA) is 101 Å². The van der Waals surface area contributed by atoms with Crippen LogP contribution in [-0.2, 0) is 33.5 Å². The molecule has 0 aromatic heterocycles. The van der Waals surface area contributed by atoms with Crippen LogP contribution < -0.4 is 0 Å². The molecule has 0 radical (unpaired) electrons. The molecule has 0 bridgehead atoms. The number of hydrogen-bond donors (Lipinski definition) is 1. The molecule has 0 saturated carbocycles. The lowest BCUT2D eigenvalue weighted by Gasteiger charge is -2.43. The van der Waals surface area contributed by atoms with E-state index < -0.39 is 28.9 Å². The van der Waals surface area contributed by atoms with Gasteiger partial charge < -0.3 is 18.9 Å². The molecule has 1 rings (SSSR count). The molecule has 1 saturated heterocycles. The van der Waals surface area contributed by atoms with Crippen molar-refractivity contribution in [2.45, 2.75) is 31.5 Å². The Bertz CT molecular complexity index is 370. The monoisotopic (exact) mass is 300 g/mol. The molecule has 114 valence electrons. The molecular weight excluding hydrogens is 280 g/mol. The highest BCUT2D eigenvalue weighted by molar-refractivity contribution is 7.80. The van der Waals surface area contributed by atoms with E-state index in [1.165, 1.54) is 21.3 Å². The highest BCUT2D eigenvalue weighted by atomic mass is 32.3. The SMILES string of the molecule is CO[C@@H]1O[C@H](COS(=O)(=O)O)[C@H](C)[C@H](OC)[C@H]1OC. The van der Waals surface area contributed by atoms with Crippen LogP contribution >= 0.6 is 0 Å². The zero-order valence-corrected chi connectivity index (χ0v) is 12.1. The predicted molar refractivity (Wildman–Crippen MR) is 63.9 cm³/mol. The first-order chi connectivity index (χ1) is 8.84. The summed E-state index contributed by atoms with van der Waals surface area (Å²) in [5.41, 5.74) is 0. The zero-order chi connectivity index (χ0) is 14.6. The van der Waals surface area contributed by atoms with E-state index in [1.54, 1.807) is 0 Å². The Labute approximate surface area is 112 Å². The van der Waals surface area contributed by atoms with E-state index in [9.17, 15) is 8.42 Å². The maximum absolute atomic E-state index is 10.6. The van der Waals surface area contributed by atoms with E-state index in [-0.39, 0.29) is 18.6 Å². The van der Waals surface area contributed by atoms with Crippen molar-refractivity contribution in [1.82, 2.24) is 0 Å². The minimum Gasteiger partial charge on any atom is -0.378 e. The van der Waals surface area contributed by atoms with Crippen molar-refractivity contribution in [1.29, 1.82) is 0 Å². The first-order valence-corrected chi connectivity index (χ1v) is 7.06. The van der Waals surface area contributed by atoms with Gasteiger partial charge in [0, 0.05) is 27.2 Å². The van der Waals surface area contributed by atoms with E-state index in [4.69, 9.17) is 23.5 Å². The van der Waals surface area contributed by atoms with Crippen molar-refractivity contribution in [2.24, 2.45) is 5.92 Å². The summed E-state index contributed by atoms with van der Waals surface area (Å²) >= 11 is 0. The molecule has 1 N–H and O–H groups in total. The van der Waals surface area contributed by atoms with Crippen molar-refractivity contribution >= 4 is 10.4 Å². The van der Waals surface area contributed by atoms with Gasteiger partial charge in [-0.3, -0.25) is 4.55 Å². The lowest BCUT2D eigenvalue weighted by atomic mass is 9.90. The number of hydrogen-bond acceptors (Lipinski definition) is 7. The van der Waals surface area contributed by atoms with Gasteiger partial charge in [-0.05, 0) is 0 Å². The fourth-order valence-electron chi connectivity index (χ4n) is 2.17. The zero-order valence-electron chi connectivity index (χ0n) is 11.3. The second-order valence-electron chi connectivity index (χ2n) is 4.25. The molecule has 0 aromatic rings. The third-order valence-corrected chi connectivity index (χ3v) is 3.60. The highest BCUT2D eigenvalue weighted by Crippen LogP contribution is 2.30. The van der Waals surface area contributed by atoms with Gasteiger partial charge in [-0.15, -0.1) is 0 Å². The van der Waals surface area contributed by atoms with Gasteiger partial charge in [0.05, 0.1) is 18.8 Å². The molecule has 8 nitrogen and oxygen atoms in total. The van der Waals surface area contributed by atoms with Gasteiger partial charge in [-0.1, -0.05) is 6.92 Å². The normalized spacial score (nSPS) is 36.4. The Morgan fingerprint density at radius 3 is 2.11 bits per heavy atom. The van der Waals surface area contributed by atoms with Crippen LogP contribution in [0.1, 0.15) is 6.92 Å². The summed E-state index contributed by atoms with van der Waals surface area (Å²) in [5, 5.41) is 0. The quantitative estimate of drug-likeness (QED) is 0.676. The lowest BCUT2D eigenvalue weighted by molar-refractivity contribution is -0.288. The molecule has 1 heterocycles. The minimum absolute atomic E-state index is 0.205. The van der Waals surface area contributed by atoms with Gasteiger partial charge in [-0.25, -0.2) is 4.18 Å². The summed E-state index contributed by atoms with van der Waals surface area (Å²) in [6.45, 7) is 1.49. The first-order valence-electron chi connectivity index (χ1n) is 5.69. The molecule has 0 unspecified atom stereocenters. The van der Waals surface area contributed by atoms with Crippen molar-refractivity contribution in [3.63, 3.8) is 0 Å². The molecule has 1 aliphatic rings. The van der Waals surface area contributed by atoms with E-state index >= 15 is 0 Å². The Morgan fingerprint density at radius 1 is 1.11 bits per heavy atom. The third-order valence-electron chi connectivity index (χ3n) is 3.16. The van der Waals surface area contributed by atoms with E-state index in [1.807, 2.05) is 6.92 Å². The molecule has 5 atom stereocenters. The second kappa shape index (κ2) is 6.93. The van der Waals surface area contributed by atoms with Gasteiger partial charge in [0.2, 0.25) is 0 Å². The molecule has 0 amide bonds. The average Bonchev–Trinajstić information content (AvgIpc) is 2.35. The predicted octanol–water partition coefficient (Wildman–Crippen LogP) is -0.157. The molecule has 9 heteroatoms. The smallest absolute Gasteiger partial charge is 0.378 e. The van der Waals surface area contributed by atoms with Crippen LogP contribution in [0.25, 0.3) is 0 Å². The molecule has 0 spiro atoms. The summed E-state index contributed by atoms with van der Waals surface area (Å²) in [7, 11) is -0.0353. The van der Waals surface area contributed by atoms with Crippen molar-refractivity contribution in [3.8, 4) is 0 Å². The molecule has 1 aliphatic heterocycles. The summed E-state index contributed by atoms with van der Waals surface area (Å²) in [6, 6.07) is 0. The summed E-state index contributed by atoms with van der Waals surface area (Å²) < 4.78 is 55.4. The number of methoxy groups -OCH3 is 3. The van der Waals surface area contributed by atoms with E-state index in [0.29, 0.717) is 0 Å². The lowest BCUT2D eigenvalue weighted by Crippen LogP contribution is -2.56. The molecule has 0 aromatic carbocycles. The van der Waals surface area contributed by atoms with Gasteiger partial charge in [-0.2, -0.15) is 8.42 Å². The Morgan fingerprint density at radius 2 is 1.68 bits per heavy atom. The fourth-order valence-corrected chi connectivity index (χ4v) is 2.47. The maximum Gasteiger partial charge on any atom is 0.397 e. The van der Waals surface area contributed by atoms with Crippen molar-refractivity contribution in [3.05, 3.63) is 0 Å². The molecular formula is C10H20O8S. The summed E-state index contributed by atoms with van der Waals surface area (Å²) in [4.78, 5) is 0.